The van der Waals surface area contributed by atoms with Gasteiger partial charge in [0.2, 0.25) is 0 Å². The molecule has 1 aliphatic rings. The Morgan fingerprint density at radius 1 is 1.27 bits per heavy atom. The molecule has 66 valence electrons. The first-order valence-electron chi connectivity index (χ1n) is 4.06. The molecule has 0 radical (unpaired) electrons. The minimum absolute atomic E-state index is 0. The maximum atomic E-state index is 4.31. The third-order valence-corrected chi connectivity index (χ3v) is 2.09. The van der Waals surface area contributed by atoms with Gasteiger partial charge >= 0.3 is 21.1 Å². The molecule has 0 N–H and O–H groups in total. The van der Waals surface area contributed by atoms with Gasteiger partial charge in [-0.15, -0.1) is 13.1 Å². The molecular formula is C9H19NW. The van der Waals surface area contributed by atoms with Gasteiger partial charge in [0.05, 0.1) is 0 Å². The maximum Gasteiger partial charge on any atom is 2.00 e. The van der Waals surface area contributed by atoms with E-state index in [0.29, 0.717) is 0 Å². The molecule has 2 heteroatoms. The molecule has 1 rings (SSSR count). The van der Waals surface area contributed by atoms with E-state index in [2.05, 4.69) is 12.2 Å². The van der Waals surface area contributed by atoms with Crippen molar-refractivity contribution in [2.75, 3.05) is 13.1 Å². The average molecular weight is 325 g/mol. The summed E-state index contributed by atoms with van der Waals surface area (Å²) in [6, 6.07) is 0. The first kappa shape index (κ1) is 14.2. The Morgan fingerprint density at radius 3 is 2.27 bits per heavy atom. The molecule has 1 fully saturated rings. The first-order chi connectivity index (χ1) is 4.43. The van der Waals surface area contributed by atoms with Crippen LogP contribution in [-0.4, -0.2) is 13.1 Å². The van der Waals surface area contributed by atoms with Crippen LogP contribution < -0.4 is 0 Å². The van der Waals surface area contributed by atoms with Crippen LogP contribution in [0.15, 0.2) is 0 Å². The van der Waals surface area contributed by atoms with Crippen LogP contribution in [0.2, 0.25) is 0 Å². The third kappa shape index (κ3) is 5.87. The molecule has 0 aromatic carbocycles. The van der Waals surface area contributed by atoms with Gasteiger partial charge < -0.3 is 12.7 Å². The fourth-order valence-electron chi connectivity index (χ4n) is 1.50. The van der Waals surface area contributed by atoms with Crippen LogP contribution in [0.1, 0.15) is 32.6 Å². The SMILES string of the molecule is CCCC1CC[N-]CC1.[CH3-].[W+2]. The summed E-state index contributed by atoms with van der Waals surface area (Å²) in [6.07, 6.45) is 5.49. The van der Waals surface area contributed by atoms with Crippen molar-refractivity contribution < 1.29 is 21.1 Å². The number of hydrogen-bond donors (Lipinski definition) is 0. The first-order valence-corrected chi connectivity index (χ1v) is 4.06. The monoisotopic (exact) mass is 325 g/mol. The van der Waals surface area contributed by atoms with Gasteiger partial charge in [-0.25, -0.2) is 0 Å². The number of nitrogens with zero attached hydrogens (tertiary/aromatic N) is 1. The fraction of sp³-hybridized carbons (Fsp3) is 0.889. The van der Waals surface area contributed by atoms with Crippen molar-refractivity contribution >= 4 is 0 Å². The zero-order valence-corrected chi connectivity index (χ0v) is 10.6. The molecule has 0 amide bonds. The van der Waals surface area contributed by atoms with E-state index < -0.39 is 0 Å². The van der Waals surface area contributed by atoms with E-state index in [0.717, 1.165) is 19.0 Å². The molecule has 1 saturated heterocycles. The van der Waals surface area contributed by atoms with Gasteiger partial charge in [-0.1, -0.05) is 32.6 Å². The second kappa shape index (κ2) is 8.74. The van der Waals surface area contributed by atoms with E-state index in [1.54, 1.807) is 0 Å². The van der Waals surface area contributed by atoms with Crippen molar-refractivity contribution in [1.82, 2.24) is 0 Å². The molecule has 0 aromatic rings. The Kier molecular flexibility index (Phi) is 11.3. The molecule has 0 bridgehead atoms. The minimum atomic E-state index is 0. The summed E-state index contributed by atoms with van der Waals surface area (Å²) in [6.45, 7) is 4.53. The van der Waals surface area contributed by atoms with Crippen LogP contribution in [0.3, 0.4) is 0 Å². The number of piperidine rings is 1. The molecular weight excluding hydrogens is 306 g/mol. The summed E-state index contributed by atoms with van der Waals surface area (Å²) >= 11 is 0. The topological polar surface area (TPSA) is 14.1 Å². The van der Waals surface area contributed by atoms with Crippen LogP contribution in [0, 0.1) is 13.3 Å². The van der Waals surface area contributed by atoms with E-state index in [-0.39, 0.29) is 28.5 Å². The Balaban J connectivity index is 0. The van der Waals surface area contributed by atoms with Crippen LogP contribution in [0.25, 0.3) is 5.32 Å². The third-order valence-electron chi connectivity index (χ3n) is 2.09. The van der Waals surface area contributed by atoms with Gasteiger partial charge in [0.1, 0.15) is 0 Å². The molecule has 0 unspecified atom stereocenters. The van der Waals surface area contributed by atoms with E-state index in [1.165, 1.54) is 25.7 Å². The van der Waals surface area contributed by atoms with Crippen LogP contribution in [0.4, 0.5) is 0 Å². The predicted octanol–water partition coefficient (Wildman–Crippen LogP) is 3.02. The molecule has 0 spiro atoms. The standard InChI is InChI=1S/C8H16N.CH3.W/c1-2-3-8-4-6-9-7-5-8;;/h8H,2-7H2,1H3;1H3;/q2*-1;+2. The summed E-state index contributed by atoms with van der Waals surface area (Å²) in [5, 5.41) is 4.31. The number of rotatable bonds is 2. The zero-order chi connectivity index (χ0) is 6.53. The molecule has 1 nitrogen and oxygen atoms in total. The summed E-state index contributed by atoms with van der Waals surface area (Å²) in [5.41, 5.74) is 0. The molecule has 0 atom stereocenters. The second-order valence-corrected chi connectivity index (χ2v) is 2.90. The maximum absolute atomic E-state index is 4.31. The van der Waals surface area contributed by atoms with Crippen molar-refractivity contribution in [1.29, 1.82) is 0 Å². The van der Waals surface area contributed by atoms with Crippen LogP contribution in [0.5, 0.6) is 0 Å². The zero-order valence-electron chi connectivity index (χ0n) is 7.68. The summed E-state index contributed by atoms with van der Waals surface area (Å²) in [4.78, 5) is 0. The van der Waals surface area contributed by atoms with Crippen molar-refractivity contribution in [3.8, 4) is 0 Å². The molecule has 0 saturated carbocycles. The smallest absolute Gasteiger partial charge is 0.662 e. The second-order valence-electron chi connectivity index (χ2n) is 2.90. The quantitative estimate of drug-likeness (QED) is 0.693. The molecule has 1 aliphatic heterocycles. The fourth-order valence-corrected chi connectivity index (χ4v) is 1.50. The Labute approximate surface area is 85.6 Å². The van der Waals surface area contributed by atoms with Gasteiger partial charge in [-0.3, -0.25) is 0 Å². The molecule has 0 aliphatic carbocycles. The largest absolute Gasteiger partial charge is 2.00 e. The van der Waals surface area contributed by atoms with Gasteiger partial charge in [0, 0.05) is 0 Å². The van der Waals surface area contributed by atoms with E-state index in [1.807, 2.05) is 0 Å². The van der Waals surface area contributed by atoms with E-state index >= 15 is 0 Å². The molecule has 11 heavy (non-hydrogen) atoms. The summed E-state index contributed by atoms with van der Waals surface area (Å²) in [5.74, 6) is 1.01. The van der Waals surface area contributed by atoms with E-state index in [4.69, 9.17) is 0 Å². The van der Waals surface area contributed by atoms with Crippen LogP contribution >= 0.6 is 0 Å². The Morgan fingerprint density at radius 2 is 1.82 bits per heavy atom. The Hall–Kier alpha value is 0.648. The van der Waals surface area contributed by atoms with Crippen molar-refractivity contribution in [2.45, 2.75) is 32.6 Å². The van der Waals surface area contributed by atoms with E-state index in [9.17, 15) is 0 Å². The predicted molar refractivity (Wildman–Crippen MR) is 47.1 cm³/mol. The number of hydrogen-bond acceptors (Lipinski definition) is 0. The van der Waals surface area contributed by atoms with Gasteiger partial charge in [-0.05, 0) is 5.92 Å². The van der Waals surface area contributed by atoms with Crippen LogP contribution in [-0.2, 0) is 21.1 Å². The van der Waals surface area contributed by atoms with Crippen molar-refractivity contribution in [3.63, 3.8) is 0 Å². The van der Waals surface area contributed by atoms with Gasteiger partial charge in [0.15, 0.2) is 0 Å². The average Bonchev–Trinajstić information content (AvgIpc) is 1.91. The summed E-state index contributed by atoms with van der Waals surface area (Å²) in [7, 11) is 0. The normalized spacial score (nSPS) is 18.3. The molecule has 1 heterocycles. The van der Waals surface area contributed by atoms with Crippen molar-refractivity contribution in [3.05, 3.63) is 12.7 Å². The summed E-state index contributed by atoms with van der Waals surface area (Å²) < 4.78 is 0. The van der Waals surface area contributed by atoms with Gasteiger partial charge in [0.25, 0.3) is 0 Å². The van der Waals surface area contributed by atoms with Gasteiger partial charge in [-0.2, -0.15) is 0 Å². The minimum Gasteiger partial charge on any atom is -0.662 e. The molecule has 0 aromatic heterocycles. The Bertz CT molecular complexity index is 67.2. The van der Waals surface area contributed by atoms with Crippen molar-refractivity contribution in [2.24, 2.45) is 5.92 Å².